The molecule has 0 amide bonds. The third kappa shape index (κ3) is 4.29. The van der Waals surface area contributed by atoms with Gasteiger partial charge in [-0.05, 0) is 64.5 Å². The van der Waals surface area contributed by atoms with E-state index in [9.17, 15) is 0 Å². The molecule has 0 radical (unpaired) electrons. The Balaban J connectivity index is 2.09. The number of nitrogens with one attached hydrogen (secondary N) is 1. The summed E-state index contributed by atoms with van der Waals surface area (Å²) in [6.45, 7) is 13.8. The number of hydrogen-bond donors (Lipinski definition) is 1. The van der Waals surface area contributed by atoms with Crippen molar-refractivity contribution >= 4 is 54.3 Å². The van der Waals surface area contributed by atoms with Gasteiger partial charge in [0.15, 0.2) is 8.32 Å². The van der Waals surface area contributed by atoms with E-state index in [4.69, 9.17) is 16.0 Å². The minimum atomic E-state index is -1.71. The number of rotatable bonds is 5. The first-order chi connectivity index (χ1) is 11.1. The lowest BCUT2D eigenvalue weighted by molar-refractivity contribution is 0.229. The van der Waals surface area contributed by atoms with E-state index in [0.29, 0.717) is 0 Å². The molecule has 0 bridgehead atoms. The second-order valence-corrected chi connectivity index (χ2v) is 14.1. The summed E-state index contributed by atoms with van der Waals surface area (Å²) < 4.78 is 7.58. The van der Waals surface area contributed by atoms with Gasteiger partial charge in [-0.1, -0.05) is 32.4 Å². The molecule has 1 aromatic carbocycles. The van der Waals surface area contributed by atoms with Gasteiger partial charge >= 0.3 is 0 Å². The molecule has 0 aliphatic carbocycles. The Hall–Kier alpha value is -0.243. The minimum Gasteiger partial charge on any atom is -0.415 e. The third-order valence-corrected chi connectivity index (χ3v) is 11.0. The number of halogens is 2. The maximum absolute atomic E-state index is 6.54. The molecule has 1 aromatic rings. The number of benzene rings is 1. The highest BCUT2D eigenvalue weighted by Crippen LogP contribution is 2.37. The van der Waals surface area contributed by atoms with Gasteiger partial charge in [0.05, 0.1) is 6.61 Å². The van der Waals surface area contributed by atoms with Gasteiger partial charge < -0.3 is 14.6 Å². The molecule has 24 heavy (non-hydrogen) atoms. The number of hydrogen-bond acceptors (Lipinski definition) is 3. The molecule has 1 aliphatic rings. The smallest absolute Gasteiger partial charge is 0.192 e. The third-order valence-electron chi connectivity index (χ3n) is 5.11. The number of anilines is 1. The van der Waals surface area contributed by atoms with E-state index in [0.717, 1.165) is 30.5 Å². The maximum atomic E-state index is 6.54. The van der Waals surface area contributed by atoms with Crippen molar-refractivity contribution in [2.45, 2.75) is 45.4 Å². The van der Waals surface area contributed by atoms with Crippen LogP contribution in [0, 0.1) is 3.57 Å². The molecule has 0 unspecified atom stereocenters. The average molecular weight is 479 g/mol. The Labute approximate surface area is 166 Å². The average Bonchev–Trinajstić information content (AvgIpc) is 2.47. The molecule has 6 heteroatoms. The first kappa shape index (κ1) is 20.1. The van der Waals surface area contributed by atoms with E-state index < -0.39 is 8.32 Å². The molecule has 0 aromatic heterocycles. The van der Waals surface area contributed by atoms with Crippen LogP contribution in [0.1, 0.15) is 31.9 Å². The lowest BCUT2D eigenvalue weighted by Gasteiger charge is -2.37. The van der Waals surface area contributed by atoms with Gasteiger partial charge in [-0.25, -0.2) is 0 Å². The highest BCUT2D eigenvalue weighted by Gasteiger charge is 2.37. The summed E-state index contributed by atoms with van der Waals surface area (Å²) in [6, 6.07) is 4.26. The molecule has 1 N–H and O–H groups in total. The van der Waals surface area contributed by atoms with E-state index in [2.05, 4.69) is 84.9 Å². The fraction of sp³-hybridized carbons (Fsp3) is 0.556. The van der Waals surface area contributed by atoms with Crippen LogP contribution in [0.15, 0.2) is 17.3 Å². The highest BCUT2D eigenvalue weighted by molar-refractivity contribution is 14.1. The lowest BCUT2D eigenvalue weighted by atomic mass is 10.0. The Kier molecular flexibility index (Phi) is 6.32. The van der Waals surface area contributed by atoms with Crippen LogP contribution in [-0.2, 0) is 11.0 Å². The number of fused-ring (bicyclic) bond motifs is 1. The van der Waals surface area contributed by atoms with Crippen molar-refractivity contribution in [2.24, 2.45) is 0 Å². The standard InChI is InChI=1S/C18H28ClIN2OSi/c1-18(2,3)24(5,6)23-10-9-22-12-14-13(11-17(22)19)16(21-4)8-7-15(14)20/h7-8,11,21H,9-10,12H2,1-6H3. The Morgan fingerprint density at radius 3 is 2.58 bits per heavy atom. The van der Waals surface area contributed by atoms with Crippen molar-refractivity contribution in [3.05, 3.63) is 32.0 Å². The molecule has 0 atom stereocenters. The van der Waals surface area contributed by atoms with Gasteiger partial charge in [0.2, 0.25) is 0 Å². The summed E-state index contributed by atoms with van der Waals surface area (Å²) in [6.07, 6.45) is 2.07. The molecule has 0 saturated carbocycles. The second kappa shape index (κ2) is 7.56. The second-order valence-electron chi connectivity index (χ2n) is 7.73. The van der Waals surface area contributed by atoms with Gasteiger partial charge in [-0.3, -0.25) is 0 Å². The summed E-state index contributed by atoms with van der Waals surface area (Å²) in [5.74, 6) is 0. The van der Waals surface area contributed by atoms with Crippen LogP contribution >= 0.6 is 34.2 Å². The molecule has 2 rings (SSSR count). The van der Waals surface area contributed by atoms with Crippen molar-refractivity contribution in [3.8, 4) is 0 Å². The van der Waals surface area contributed by atoms with Crippen molar-refractivity contribution in [2.75, 3.05) is 25.5 Å². The van der Waals surface area contributed by atoms with Crippen molar-refractivity contribution in [1.29, 1.82) is 0 Å². The first-order valence-corrected chi connectivity index (χ1v) is 12.7. The Morgan fingerprint density at radius 1 is 1.33 bits per heavy atom. The Morgan fingerprint density at radius 2 is 2.00 bits per heavy atom. The monoisotopic (exact) mass is 478 g/mol. The molecule has 1 aliphatic heterocycles. The summed E-state index contributed by atoms with van der Waals surface area (Å²) in [4.78, 5) is 2.21. The van der Waals surface area contributed by atoms with Crippen LogP contribution in [0.4, 0.5) is 5.69 Å². The minimum absolute atomic E-state index is 0.234. The first-order valence-electron chi connectivity index (χ1n) is 8.32. The SMILES string of the molecule is CNc1ccc(I)c2c1C=C(Cl)N(CCO[Si](C)(C)C(C)(C)C)C2. The zero-order valence-corrected chi connectivity index (χ0v) is 19.4. The predicted molar refractivity (Wildman–Crippen MR) is 116 cm³/mol. The van der Waals surface area contributed by atoms with Crippen LogP contribution in [0.5, 0.6) is 0 Å². The van der Waals surface area contributed by atoms with Gasteiger partial charge in [0.25, 0.3) is 0 Å². The number of nitrogens with zero attached hydrogens (tertiary/aromatic N) is 1. The van der Waals surface area contributed by atoms with Crippen molar-refractivity contribution in [3.63, 3.8) is 0 Å². The van der Waals surface area contributed by atoms with Crippen molar-refractivity contribution < 1.29 is 4.43 Å². The summed E-state index contributed by atoms with van der Waals surface area (Å²) in [7, 11) is 0.239. The zero-order chi connectivity index (χ0) is 18.1. The summed E-state index contributed by atoms with van der Waals surface area (Å²) >= 11 is 8.95. The fourth-order valence-electron chi connectivity index (χ4n) is 2.47. The van der Waals surface area contributed by atoms with Gasteiger partial charge in [-0.2, -0.15) is 0 Å². The normalized spacial score (nSPS) is 15.2. The van der Waals surface area contributed by atoms with E-state index in [1.54, 1.807) is 0 Å². The Bertz CT molecular complexity index is 641. The maximum Gasteiger partial charge on any atom is 0.192 e. The molecule has 0 spiro atoms. The molecule has 134 valence electrons. The van der Waals surface area contributed by atoms with Crippen LogP contribution in [0.2, 0.25) is 18.1 Å². The molecule has 0 fully saturated rings. The molecular formula is C18H28ClIN2OSi. The van der Waals surface area contributed by atoms with Crippen molar-refractivity contribution in [1.82, 2.24) is 4.90 Å². The van der Waals surface area contributed by atoms with Gasteiger partial charge in [0, 0.05) is 35.0 Å². The molecule has 1 heterocycles. The molecule has 3 nitrogen and oxygen atoms in total. The van der Waals surface area contributed by atoms with E-state index in [1.807, 2.05) is 7.05 Å². The van der Waals surface area contributed by atoms with Crippen LogP contribution in [0.3, 0.4) is 0 Å². The summed E-state index contributed by atoms with van der Waals surface area (Å²) in [5, 5.41) is 4.28. The fourth-order valence-corrected chi connectivity index (χ4v) is 4.40. The van der Waals surface area contributed by atoms with Crippen LogP contribution in [0.25, 0.3) is 6.08 Å². The van der Waals surface area contributed by atoms with Gasteiger partial charge in [-0.15, -0.1) is 0 Å². The predicted octanol–water partition coefficient (Wildman–Crippen LogP) is 5.71. The van der Waals surface area contributed by atoms with E-state index in [-0.39, 0.29) is 5.04 Å². The largest absolute Gasteiger partial charge is 0.415 e. The van der Waals surface area contributed by atoms with Crippen LogP contribution < -0.4 is 5.32 Å². The van der Waals surface area contributed by atoms with Gasteiger partial charge in [0.1, 0.15) is 5.16 Å². The lowest BCUT2D eigenvalue weighted by Crippen LogP contribution is -2.42. The molecule has 0 saturated heterocycles. The highest BCUT2D eigenvalue weighted by atomic mass is 127. The summed E-state index contributed by atoms with van der Waals surface area (Å²) in [5.41, 5.74) is 3.66. The van der Waals surface area contributed by atoms with E-state index in [1.165, 1.54) is 14.7 Å². The zero-order valence-electron chi connectivity index (χ0n) is 15.5. The van der Waals surface area contributed by atoms with Crippen LogP contribution in [-0.4, -0.2) is 33.4 Å². The quantitative estimate of drug-likeness (QED) is 0.333. The topological polar surface area (TPSA) is 24.5 Å². The molecular weight excluding hydrogens is 451 g/mol. The van der Waals surface area contributed by atoms with E-state index >= 15 is 0 Å².